The van der Waals surface area contributed by atoms with E-state index in [2.05, 4.69) is 50.3 Å². The van der Waals surface area contributed by atoms with Crippen molar-refractivity contribution in [1.82, 2.24) is 15.2 Å². The third kappa shape index (κ3) is 5.35. The van der Waals surface area contributed by atoms with Crippen LogP contribution in [0.3, 0.4) is 0 Å². The lowest BCUT2D eigenvalue weighted by atomic mass is 9.75. The van der Waals surface area contributed by atoms with Crippen LogP contribution in [-0.2, 0) is 13.1 Å². The SMILES string of the molecule is CC(C)NCc1nc(CN(C)C2CCC(C)(C)CC2)cs1. The molecule has 0 amide bonds. The van der Waals surface area contributed by atoms with Crippen molar-refractivity contribution in [2.24, 2.45) is 5.41 Å². The number of nitrogens with one attached hydrogen (secondary N) is 1. The van der Waals surface area contributed by atoms with E-state index in [0.29, 0.717) is 11.5 Å². The summed E-state index contributed by atoms with van der Waals surface area (Å²) in [6, 6.07) is 1.25. The molecule has 0 aliphatic heterocycles. The number of nitrogens with zero attached hydrogens (tertiary/aromatic N) is 2. The monoisotopic (exact) mass is 309 g/mol. The van der Waals surface area contributed by atoms with Crippen molar-refractivity contribution in [3.05, 3.63) is 16.1 Å². The summed E-state index contributed by atoms with van der Waals surface area (Å²) in [5, 5.41) is 6.86. The lowest BCUT2D eigenvalue weighted by molar-refractivity contribution is 0.122. The highest BCUT2D eigenvalue weighted by molar-refractivity contribution is 7.09. The van der Waals surface area contributed by atoms with Gasteiger partial charge in [-0.2, -0.15) is 0 Å². The van der Waals surface area contributed by atoms with Gasteiger partial charge in [0.1, 0.15) is 5.01 Å². The van der Waals surface area contributed by atoms with E-state index < -0.39 is 0 Å². The molecule has 0 saturated heterocycles. The summed E-state index contributed by atoms with van der Waals surface area (Å²) in [6.07, 6.45) is 5.36. The molecule has 1 aromatic heterocycles. The molecule has 1 heterocycles. The highest BCUT2D eigenvalue weighted by Gasteiger charge is 2.28. The summed E-state index contributed by atoms with van der Waals surface area (Å²) in [7, 11) is 2.26. The largest absolute Gasteiger partial charge is 0.308 e. The topological polar surface area (TPSA) is 28.2 Å². The molecule has 0 aromatic carbocycles. The number of aromatic nitrogens is 1. The summed E-state index contributed by atoms with van der Waals surface area (Å²) in [6.45, 7) is 11.0. The zero-order valence-electron chi connectivity index (χ0n) is 14.3. The minimum absolute atomic E-state index is 0.519. The van der Waals surface area contributed by atoms with Gasteiger partial charge in [0.15, 0.2) is 0 Å². The summed E-state index contributed by atoms with van der Waals surface area (Å²) in [5.41, 5.74) is 1.78. The van der Waals surface area contributed by atoms with Gasteiger partial charge in [-0.15, -0.1) is 11.3 Å². The average Bonchev–Trinajstić information content (AvgIpc) is 2.83. The van der Waals surface area contributed by atoms with Gasteiger partial charge in [-0.1, -0.05) is 27.7 Å². The molecule has 120 valence electrons. The van der Waals surface area contributed by atoms with Crippen LogP contribution in [0.2, 0.25) is 0 Å². The molecule has 1 saturated carbocycles. The van der Waals surface area contributed by atoms with E-state index in [0.717, 1.165) is 19.1 Å². The van der Waals surface area contributed by atoms with Gasteiger partial charge in [-0.05, 0) is 38.1 Å². The van der Waals surface area contributed by atoms with Crippen molar-refractivity contribution in [3.63, 3.8) is 0 Å². The van der Waals surface area contributed by atoms with Crippen molar-refractivity contribution in [2.75, 3.05) is 7.05 Å². The highest BCUT2D eigenvalue weighted by atomic mass is 32.1. The van der Waals surface area contributed by atoms with Gasteiger partial charge in [0.25, 0.3) is 0 Å². The minimum Gasteiger partial charge on any atom is -0.308 e. The molecule has 0 radical (unpaired) electrons. The molecule has 0 spiro atoms. The molecule has 21 heavy (non-hydrogen) atoms. The second kappa shape index (κ2) is 7.21. The van der Waals surface area contributed by atoms with E-state index in [1.54, 1.807) is 11.3 Å². The van der Waals surface area contributed by atoms with Crippen LogP contribution in [0, 0.1) is 5.41 Å². The lowest BCUT2D eigenvalue weighted by Crippen LogP contribution is -2.36. The predicted molar refractivity (Wildman–Crippen MR) is 91.6 cm³/mol. The second-order valence-corrected chi connectivity index (χ2v) is 8.52. The molecule has 2 rings (SSSR count). The predicted octanol–water partition coefficient (Wildman–Crippen LogP) is 4.04. The first-order valence-electron chi connectivity index (χ1n) is 8.22. The van der Waals surface area contributed by atoms with Crippen LogP contribution in [0.25, 0.3) is 0 Å². The number of thiazole rings is 1. The van der Waals surface area contributed by atoms with E-state index in [9.17, 15) is 0 Å². The van der Waals surface area contributed by atoms with Gasteiger partial charge in [0.2, 0.25) is 0 Å². The van der Waals surface area contributed by atoms with Gasteiger partial charge < -0.3 is 5.32 Å². The van der Waals surface area contributed by atoms with Gasteiger partial charge in [-0.25, -0.2) is 4.98 Å². The Morgan fingerprint density at radius 3 is 2.67 bits per heavy atom. The fraction of sp³-hybridized carbons (Fsp3) is 0.824. The van der Waals surface area contributed by atoms with Crippen LogP contribution in [0.1, 0.15) is 64.1 Å². The minimum atomic E-state index is 0.519. The molecule has 1 aliphatic carbocycles. The molecular weight excluding hydrogens is 278 g/mol. The number of hydrogen-bond donors (Lipinski definition) is 1. The Balaban J connectivity index is 1.81. The summed E-state index contributed by atoms with van der Waals surface area (Å²) >= 11 is 1.78. The summed E-state index contributed by atoms with van der Waals surface area (Å²) < 4.78 is 0. The van der Waals surface area contributed by atoms with Crippen molar-refractivity contribution in [3.8, 4) is 0 Å². The van der Waals surface area contributed by atoms with E-state index in [-0.39, 0.29) is 0 Å². The molecule has 1 fully saturated rings. The summed E-state index contributed by atoms with van der Waals surface area (Å²) in [4.78, 5) is 7.26. The van der Waals surface area contributed by atoms with Crippen molar-refractivity contribution in [2.45, 2.75) is 78.6 Å². The van der Waals surface area contributed by atoms with Crippen LogP contribution in [0.4, 0.5) is 0 Å². The Kier molecular flexibility index (Phi) is 5.81. The maximum atomic E-state index is 4.76. The molecule has 4 heteroatoms. The van der Waals surface area contributed by atoms with E-state index in [1.807, 2.05) is 0 Å². The molecule has 0 bridgehead atoms. The zero-order chi connectivity index (χ0) is 15.5. The second-order valence-electron chi connectivity index (χ2n) is 7.58. The Morgan fingerprint density at radius 2 is 2.05 bits per heavy atom. The van der Waals surface area contributed by atoms with Crippen LogP contribution >= 0.6 is 11.3 Å². The lowest BCUT2D eigenvalue weighted by Gasteiger charge is -2.38. The standard InChI is InChI=1S/C17H31N3S/c1-13(2)18-10-16-19-14(12-21-16)11-20(5)15-6-8-17(3,4)9-7-15/h12-13,15,18H,6-11H2,1-5H3. The Hall–Kier alpha value is -0.450. The molecule has 3 nitrogen and oxygen atoms in total. The van der Waals surface area contributed by atoms with Gasteiger partial charge in [-0.3, -0.25) is 4.90 Å². The molecule has 0 unspecified atom stereocenters. The van der Waals surface area contributed by atoms with Gasteiger partial charge in [0.05, 0.1) is 5.69 Å². The van der Waals surface area contributed by atoms with E-state index in [4.69, 9.17) is 4.98 Å². The first-order chi connectivity index (χ1) is 9.85. The molecule has 1 aliphatic rings. The smallest absolute Gasteiger partial charge is 0.107 e. The van der Waals surface area contributed by atoms with Crippen LogP contribution in [-0.4, -0.2) is 29.0 Å². The maximum absolute atomic E-state index is 4.76. The van der Waals surface area contributed by atoms with Crippen molar-refractivity contribution >= 4 is 11.3 Å². The normalized spacial score (nSPS) is 19.6. The van der Waals surface area contributed by atoms with Crippen LogP contribution in [0.15, 0.2) is 5.38 Å². The van der Waals surface area contributed by atoms with Gasteiger partial charge >= 0.3 is 0 Å². The Bertz CT molecular complexity index is 429. The average molecular weight is 310 g/mol. The molecule has 1 N–H and O–H groups in total. The zero-order valence-corrected chi connectivity index (χ0v) is 15.1. The number of rotatable bonds is 6. The fourth-order valence-electron chi connectivity index (χ4n) is 3.00. The fourth-order valence-corrected chi connectivity index (χ4v) is 3.74. The Labute approximate surface area is 134 Å². The van der Waals surface area contributed by atoms with E-state index in [1.165, 1.54) is 36.4 Å². The Morgan fingerprint density at radius 1 is 1.38 bits per heavy atom. The van der Waals surface area contributed by atoms with Gasteiger partial charge in [0, 0.05) is 30.6 Å². The summed E-state index contributed by atoms with van der Waals surface area (Å²) in [5.74, 6) is 0. The first kappa shape index (κ1) is 16.9. The van der Waals surface area contributed by atoms with E-state index >= 15 is 0 Å². The molecular formula is C17H31N3S. The highest BCUT2D eigenvalue weighted by Crippen LogP contribution is 2.36. The quantitative estimate of drug-likeness (QED) is 0.859. The van der Waals surface area contributed by atoms with Crippen LogP contribution in [0.5, 0.6) is 0 Å². The number of hydrogen-bond acceptors (Lipinski definition) is 4. The maximum Gasteiger partial charge on any atom is 0.107 e. The third-order valence-electron chi connectivity index (χ3n) is 4.60. The third-order valence-corrected chi connectivity index (χ3v) is 5.50. The first-order valence-corrected chi connectivity index (χ1v) is 9.10. The molecule has 1 aromatic rings. The van der Waals surface area contributed by atoms with Crippen molar-refractivity contribution in [1.29, 1.82) is 0 Å². The van der Waals surface area contributed by atoms with Crippen molar-refractivity contribution < 1.29 is 0 Å². The van der Waals surface area contributed by atoms with Crippen LogP contribution < -0.4 is 5.32 Å². The molecule has 0 atom stereocenters.